The van der Waals surface area contributed by atoms with Gasteiger partial charge in [0.15, 0.2) is 6.10 Å². The van der Waals surface area contributed by atoms with Gasteiger partial charge in [0.2, 0.25) is 5.91 Å². The Kier molecular flexibility index (Phi) is 5.92. The van der Waals surface area contributed by atoms with Gasteiger partial charge in [-0.25, -0.2) is 9.59 Å². The Morgan fingerprint density at radius 1 is 1.14 bits per heavy atom. The molecule has 1 N–H and O–H groups in total. The Morgan fingerprint density at radius 2 is 1.86 bits per heavy atom. The van der Waals surface area contributed by atoms with E-state index in [-0.39, 0.29) is 30.5 Å². The van der Waals surface area contributed by atoms with Crippen molar-refractivity contribution in [3.05, 3.63) is 65.7 Å². The number of ether oxygens (including phenoxy) is 1. The monoisotopic (exact) mass is 395 g/mol. The summed E-state index contributed by atoms with van der Waals surface area (Å²) in [6.07, 6.45) is -0.984. The van der Waals surface area contributed by atoms with Crippen LogP contribution < -0.4 is 10.2 Å². The van der Waals surface area contributed by atoms with Crippen LogP contribution in [-0.2, 0) is 20.9 Å². The van der Waals surface area contributed by atoms with Gasteiger partial charge in [-0.1, -0.05) is 30.3 Å². The molecule has 4 amide bonds. The number of rotatable bonds is 6. The van der Waals surface area contributed by atoms with Crippen LogP contribution in [0.1, 0.15) is 22.8 Å². The highest BCUT2D eigenvalue weighted by atomic mass is 16.5. The zero-order valence-electron chi connectivity index (χ0n) is 16.1. The second-order valence-corrected chi connectivity index (χ2v) is 6.62. The molecule has 150 valence electrons. The maximum absolute atomic E-state index is 12.5. The van der Waals surface area contributed by atoms with Crippen LogP contribution in [0.4, 0.5) is 10.5 Å². The Morgan fingerprint density at radius 3 is 2.52 bits per heavy atom. The molecule has 3 rings (SSSR count). The number of nitrogens with one attached hydrogen (secondary N) is 1. The third-order valence-corrected chi connectivity index (χ3v) is 4.55. The topological polar surface area (TPSA) is 96.0 Å². The minimum absolute atomic E-state index is 0.0326. The number of nitrogens with zero attached hydrogens (tertiary/aromatic N) is 2. The van der Waals surface area contributed by atoms with Crippen molar-refractivity contribution in [2.45, 2.75) is 19.6 Å². The normalized spacial score (nSPS) is 14.3. The molecule has 1 fully saturated rings. The lowest BCUT2D eigenvalue weighted by Gasteiger charge is -2.21. The molecule has 0 bridgehead atoms. The second-order valence-electron chi connectivity index (χ2n) is 6.62. The molecule has 1 saturated heterocycles. The largest absolute Gasteiger partial charge is 0.449 e. The van der Waals surface area contributed by atoms with Crippen molar-refractivity contribution in [1.82, 2.24) is 10.2 Å². The predicted octanol–water partition coefficient (Wildman–Crippen LogP) is 1.95. The average molecular weight is 395 g/mol. The van der Waals surface area contributed by atoms with Gasteiger partial charge < -0.3 is 15.0 Å². The van der Waals surface area contributed by atoms with E-state index in [4.69, 9.17) is 4.74 Å². The quantitative estimate of drug-likeness (QED) is 0.596. The molecule has 8 heteroatoms. The van der Waals surface area contributed by atoms with Crippen LogP contribution in [0.5, 0.6) is 0 Å². The summed E-state index contributed by atoms with van der Waals surface area (Å²) in [6, 6.07) is 15.0. The van der Waals surface area contributed by atoms with E-state index in [9.17, 15) is 19.2 Å². The number of carbonyl (C=O) groups excluding carboxylic acids is 4. The van der Waals surface area contributed by atoms with E-state index in [2.05, 4.69) is 5.32 Å². The van der Waals surface area contributed by atoms with Crippen molar-refractivity contribution < 1.29 is 23.9 Å². The zero-order chi connectivity index (χ0) is 21.0. The third kappa shape index (κ3) is 4.60. The molecule has 1 aliphatic heterocycles. The Labute approximate surface area is 168 Å². The molecule has 0 saturated carbocycles. The minimum atomic E-state index is -0.984. The predicted molar refractivity (Wildman–Crippen MR) is 105 cm³/mol. The van der Waals surface area contributed by atoms with Gasteiger partial charge in [-0.3, -0.25) is 14.5 Å². The van der Waals surface area contributed by atoms with E-state index in [0.29, 0.717) is 11.3 Å². The van der Waals surface area contributed by atoms with E-state index >= 15 is 0 Å². The van der Waals surface area contributed by atoms with E-state index in [1.54, 1.807) is 43.4 Å². The fraction of sp³-hybridized carbons (Fsp3) is 0.238. The molecule has 0 aliphatic carbocycles. The van der Waals surface area contributed by atoms with Crippen molar-refractivity contribution >= 4 is 29.5 Å². The van der Waals surface area contributed by atoms with Crippen LogP contribution in [0.25, 0.3) is 0 Å². The Balaban J connectivity index is 1.65. The first-order valence-corrected chi connectivity index (χ1v) is 9.07. The molecular formula is C21H21N3O5. The first-order valence-electron chi connectivity index (χ1n) is 9.07. The number of para-hydroxylation sites is 1. The van der Waals surface area contributed by atoms with Crippen LogP contribution in [0.3, 0.4) is 0 Å². The van der Waals surface area contributed by atoms with Gasteiger partial charge in [0.05, 0.1) is 18.7 Å². The summed E-state index contributed by atoms with van der Waals surface area (Å²) in [4.78, 5) is 50.9. The highest BCUT2D eigenvalue weighted by molar-refractivity contribution is 6.02. The molecule has 1 atom stereocenters. The Hall–Kier alpha value is -3.68. The van der Waals surface area contributed by atoms with Crippen LogP contribution in [0.2, 0.25) is 0 Å². The Bertz CT molecular complexity index is 928. The zero-order valence-corrected chi connectivity index (χ0v) is 16.1. The van der Waals surface area contributed by atoms with Gasteiger partial charge in [-0.05, 0) is 36.8 Å². The van der Waals surface area contributed by atoms with E-state index in [1.807, 2.05) is 18.2 Å². The average Bonchev–Trinajstić information content (AvgIpc) is 3.05. The summed E-state index contributed by atoms with van der Waals surface area (Å²) < 4.78 is 5.32. The van der Waals surface area contributed by atoms with E-state index in [0.717, 1.165) is 4.90 Å². The molecule has 0 aromatic heterocycles. The number of urea groups is 1. The van der Waals surface area contributed by atoms with Crippen molar-refractivity contribution in [3.63, 3.8) is 0 Å². The molecule has 2 aromatic rings. The number of benzene rings is 2. The van der Waals surface area contributed by atoms with Gasteiger partial charge in [0, 0.05) is 12.7 Å². The van der Waals surface area contributed by atoms with Crippen molar-refractivity contribution in [2.24, 2.45) is 0 Å². The summed E-state index contributed by atoms with van der Waals surface area (Å²) in [6.45, 7) is 1.53. The highest BCUT2D eigenvalue weighted by Gasteiger charge is 2.28. The summed E-state index contributed by atoms with van der Waals surface area (Å²) >= 11 is 0. The maximum Gasteiger partial charge on any atom is 0.338 e. The van der Waals surface area contributed by atoms with Gasteiger partial charge in [0.1, 0.15) is 0 Å². The first kappa shape index (κ1) is 20.1. The van der Waals surface area contributed by atoms with Gasteiger partial charge >= 0.3 is 12.0 Å². The molecule has 0 spiro atoms. The lowest BCUT2D eigenvalue weighted by Crippen LogP contribution is -2.37. The standard InChI is InChI=1S/C21H21N3O5/c1-14(19(26)23(2)17-9-4-3-5-10-17)29-20(27)16-8-6-7-15(11-16)13-24-18(25)12-22-21(24)28/h3-11,14H,12-13H2,1-2H3,(H,22,28). The van der Waals surface area contributed by atoms with Crippen molar-refractivity contribution in [2.75, 3.05) is 18.5 Å². The SMILES string of the molecule is CC(OC(=O)c1cccc(CN2C(=O)CNC2=O)c1)C(=O)N(C)c1ccccc1. The number of hydrogen-bond acceptors (Lipinski definition) is 5. The second kappa shape index (κ2) is 8.55. The molecule has 2 aromatic carbocycles. The lowest BCUT2D eigenvalue weighted by molar-refractivity contribution is -0.126. The maximum atomic E-state index is 12.5. The summed E-state index contributed by atoms with van der Waals surface area (Å²) in [5.41, 5.74) is 1.53. The summed E-state index contributed by atoms with van der Waals surface area (Å²) in [5.74, 6) is -1.35. The van der Waals surface area contributed by atoms with Gasteiger partial charge in [-0.2, -0.15) is 0 Å². The molecule has 1 unspecified atom stereocenters. The molecule has 29 heavy (non-hydrogen) atoms. The van der Waals surface area contributed by atoms with Crippen LogP contribution >= 0.6 is 0 Å². The number of anilines is 1. The third-order valence-electron chi connectivity index (χ3n) is 4.55. The van der Waals surface area contributed by atoms with Crippen LogP contribution in [0.15, 0.2) is 54.6 Å². The molecule has 1 aliphatic rings. The molecule has 0 radical (unpaired) electrons. The fourth-order valence-corrected chi connectivity index (χ4v) is 2.93. The smallest absolute Gasteiger partial charge is 0.338 e. The fourth-order valence-electron chi connectivity index (χ4n) is 2.93. The highest BCUT2D eigenvalue weighted by Crippen LogP contribution is 2.15. The minimum Gasteiger partial charge on any atom is -0.449 e. The number of likely N-dealkylation sites (N-methyl/N-ethyl adjacent to an activating group) is 1. The number of amides is 4. The van der Waals surface area contributed by atoms with Crippen molar-refractivity contribution in [1.29, 1.82) is 0 Å². The number of hydrogen-bond donors (Lipinski definition) is 1. The number of carbonyl (C=O) groups is 4. The summed E-state index contributed by atoms with van der Waals surface area (Å²) in [7, 11) is 1.61. The van der Waals surface area contributed by atoms with Gasteiger partial charge in [-0.15, -0.1) is 0 Å². The summed E-state index contributed by atoms with van der Waals surface area (Å²) in [5, 5.41) is 2.44. The first-order chi connectivity index (χ1) is 13.9. The van der Waals surface area contributed by atoms with E-state index < -0.39 is 18.1 Å². The lowest BCUT2D eigenvalue weighted by atomic mass is 10.1. The van der Waals surface area contributed by atoms with Crippen molar-refractivity contribution in [3.8, 4) is 0 Å². The molecule has 1 heterocycles. The van der Waals surface area contributed by atoms with E-state index in [1.165, 1.54) is 11.8 Å². The molecule has 8 nitrogen and oxygen atoms in total. The number of imide groups is 1. The number of esters is 1. The molecular weight excluding hydrogens is 374 g/mol. The van der Waals surface area contributed by atoms with Crippen LogP contribution in [-0.4, -0.2) is 48.4 Å². The van der Waals surface area contributed by atoms with Crippen LogP contribution in [0, 0.1) is 0 Å². The van der Waals surface area contributed by atoms with Gasteiger partial charge in [0.25, 0.3) is 5.91 Å².